The molecule has 1 atom stereocenters. The second-order valence-electron chi connectivity index (χ2n) is 5.34. The summed E-state index contributed by atoms with van der Waals surface area (Å²) in [6.07, 6.45) is 8.89. The normalized spacial score (nSPS) is 22.5. The molecule has 0 fully saturated rings. The largest absolute Gasteiger partial charge is 0.249 e. The molecule has 0 radical (unpaired) electrons. The average molecular weight is 323 g/mol. The van der Waals surface area contributed by atoms with Gasteiger partial charge in [-0.3, -0.25) is 0 Å². The molecule has 2 aromatic heterocycles. The smallest absolute Gasteiger partial charge is 0.237 e. The number of nitrogens with zero attached hydrogens (tertiary/aromatic N) is 2. The third kappa shape index (κ3) is 2.21. The molecule has 3 rings (SSSR count). The highest BCUT2D eigenvalue weighted by Crippen LogP contribution is 2.33. The molecule has 2 aromatic rings. The summed E-state index contributed by atoms with van der Waals surface area (Å²) in [6.45, 7) is 1.72. The number of halogens is 1. The minimum Gasteiger partial charge on any atom is -0.237 e. The second kappa shape index (κ2) is 5.00. The summed E-state index contributed by atoms with van der Waals surface area (Å²) in [5, 5.41) is 0.803. The topological polar surface area (TPSA) is 52.0 Å². The predicted octanol–water partition coefficient (Wildman–Crippen LogP) is 3.10. The van der Waals surface area contributed by atoms with E-state index in [9.17, 15) is 8.42 Å². The van der Waals surface area contributed by atoms with Crippen LogP contribution in [0.5, 0.6) is 0 Å². The first-order valence-corrected chi connectivity index (χ1v) is 8.56. The standard InChI is InChI=1S/C15H15ClN2O2S/c1-15(7-2-4-12(10-15)11-16)21(19,20)18-9-6-13-5-3-8-17-14(13)18/h2-9H,10-11H2,1H3. The molecule has 0 saturated carbocycles. The molecule has 0 spiro atoms. The van der Waals surface area contributed by atoms with Gasteiger partial charge in [-0.15, -0.1) is 11.6 Å². The van der Waals surface area contributed by atoms with Gasteiger partial charge in [0.05, 0.1) is 0 Å². The van der Waals surface area contributed by atoms with Crippen molar-refractivity contribution in [1.82, 2.24) is 8.96 Å². The van der Waals surface area contributed by atoms with E-state index in [2.05, 4.69) is 4.98 Å². The molecule has 0 saturated heterocycles. The van der Waals surface area contributed by atoms with Crippen molar-refractivity contribution in [3.05, 3.63) is 54.4 Å². The molecule has 0 N–H and O–H groups in total. The van der Waals surface area contributed by atoms with Crippen molar-refractivity contribution in [2.24, 2.45) is 0 Å². The Kier molecular flexibility index (Phi) is 3.42. The van der Waals surface area contributed by atoms with E-state index in [0.717, 1.165) is 11.0 Å². The molecule has 0 aromatic carbocycles. The van der Waals surface area contributed by atoms with E-state index in [1.54, 1.807) is 43.6 Å². The molecule has 0 aliphatic heterocycles. The van der Waals surface area contributed by atoms with Crippen molar-refractivity contribution in [2.45, 2.75) is 18.1 Å². The Bertz CT molecular complexity index is 851. The molecular weight excluding hydrogens is 308 g/mol. The Balaban J connectivity index is 2.13. The molecule has 110 valence electrons. The van der Waals surface area contributed by atoms with Crippen molar-refractivity contribution in [3.8, 4) is 0 Å². The van der Waals surface area contributed by atoms with Crippen LogP contribution in [0, 0.1) is 0 Å². The molecule has 0 bridgehead atoms. The minimum atomic E-state index is -3.62. The molecule has 4 nitrogen and oxygen atoms in total. The maximum absolute atomic E-state index is 13.0. The fourth-order valence-electron chi connectivity index (χ4n) is 2.59. The Hall–Kier alpha value is -1.59. The summed E-state index contributed by atoms with van der Waals surface area (Å²) < 4.78 is 26.3. The first-order chi connectivity index (χ1) is 9.98. The summed E-state index contributed by atoms with van der Waals surface area (Å²) >= 11 is 5.86. The Morgan fingerprint density at radius 3 is 3.00 bits per heavy atom. The monoisotopic (exact) mass is 322 g/mol. The number of pyridine rings is 1. The highest BCUT2D eigenvalue weighted by atomic mass is 35.5. The van der Waals surface area contributed by atoms with Crippen LogP contribution in [0.4, 0.5) is 0 Å². The number of rotatable bonds is 3. The van der Waals surface area contributed by atoms with Gasteiger partial charge in [-0.1, -0.05) is 23.8 Å². The third-order valence-electron chi connectivity index (χ3n) is 3.79. The summed E-state index contributed by atoms with van der Waals surface area (Å²) in [5.41, 5.74) is 1.36. The van der Waals surface area contributed by atoms with Crippen LogP contribution in [0.15, 0.2) is 54.4 Å². The van der Waals surface area contributed by atoms with Crippen LogP contribution in [0.3, 0.4) is 0 Å². The molecule has 6 heteroatoms. The fourth-order valence-corrected chi connectivity index (χ4v) is 4.44. The Morgan fingerprint density at radius 2 is 2.24 bits per heavy atom. The van der Waals surface area contributed by atoms with Crippen LogP contribution in [0.25, 0.3) is 11.0 Å². The van der Waals surface area contributed by atoms with Gasteiger partial charge in [0.2, 0.25) is 10.0 Å². The van der Waals surface area contributed by atoms with E-state index >= 15 is 0 Å². The van der Waals surface area contributed by atoms with Crippen molar-refractivity contribution < 1.29 is 8.42 Å². The van der Waals surface area contributed by atoms with Gasteiger partial charge in [0.1, 0.15) is 4.75 Å². The first kappa shape index (κ1) is 14.4. The van der Waals surface area contributed by atoms with Crippen LogP contribution in [0.2, 0.25) is 0 Å². The Labute approximate surface area is 128 Å². The van der Waals surface area contributed by atoms with E-state index in [-0.39, 0.29) is 0 Å². The molecule has 1 aliphatic rings. The van der Waals surface area contributed by atoms with Gasteiger partial charge in [-0.05, 0) is 31.5 Å². The fraction of sp³-hybridized carbons (Fsp3) is 0.267. The highest BCUT2D eigenvalue weighted by molar-refractivity contribution is 7.91. The van der Waals surface area contributed by atoms with Crippen LogP contribution < -0.4 is 0 Å². The summed E-state index contributed by atoms with van der Waals surface area (Å²) in [4.78, 5) is 4.19. The van der Waals surface area contributed by atoms with E-state index in [1.165, 1.54) is 3.97 Å². The maximum atomic E-state index is 13.0. The lowest BCUT2D eigenvalue weighted by Gasteiger charge is -2.29. The van der Waals surface area contributed by atoms with Gasteiger partial charge in [-0.2, -0.15) is 0 Å². The summed E-state index contributed by atoms with van der Waals surface area (Å²) in [6, 6.07) is 5.39. The molecule has 1 unspecified atom stereocenters. The first-order valence-electron chi connectivity index (χ1n) is 6.58. The van der Waals surface area contributed by atoms with Crippen LogP contribution in [0.1, 0.15) is 13.3 Å². The van der Waals surface area contributed by atoms with E-state index in [4.69, 9.17) is 11.6 Å². The zero-order chi connectivity index (χ0) is 15.1. The predicted molar refractivity (Wildman–Crippen MR) is 85.0 cm³/mol. The number of alkyl halides is 1. The minimum absolute atomic E-state index is 0.333. The zero-order valence-electron chi connectivity index (χ0n) is 11.5. The van der Waals surface area contributed by atoms with Crippen LogP contribution in [-0.4, -0.2) is 28.0 Å². The average Bonchev–Trinajstić information content (AvgIpc) is 2.91. The van der Waals surface area contributed by atoms with Crippen molar-refractivity contribution in [3.63, 3.8) is 0 Å². The van der Waals surface area contributed by atoms with Gasteiger partial charge in [0.15, 0.2) is 5.65 Å². The van der Waals surface area contributed by atoms with Gasteiger partial charge >= 0.3 is 0 Å². The van der Waals surface area contributed by atoms with Crippen LogP contribution in [-0.2, 0) is 10.0 Å². The maximum Gasteiger partial charge on any atom is 0.249 e. The highest BCUT2D eigenvalue weighted by Gasteiger charge is 2.40. The summed E-state index contributed by atoms with van der Waals surface area (Å²) in [5.74, 6) is 0.333. The lowest BCUT2D eigenvalue weighted by molar-refractivity contribution is 0.551. The van der Waals surface area contributed by atoms with Gasteiger partial charge in [0, 0.05) is 23.7 Å². The number of fused-ring (bicyclic) bond motifs is 1. The van der Waals surface area contributed by atoms with Gasteiger partial charge < -0.3 is 0 Å². The lowest BCUT2D eigenvalue weighted by atomic mass is 9.96. The van der Waals surface area contributed by atoms with Crippen molar-refractivity contribution in [1.29, 1.82) is 0 Å². The SMILES string of the molecule is CC1(S(=O)(=O)n2ccc3cccnc32)C=CC=C(CCl)C1. The number of hydrogen-bond donors (Lipinski definition) is 0. The third-order valence-corrected chi connectivity index (χ3v) is 6.41. The second-order valence-corrected chi connectivity index (χ2v) is 7.88. The molecule has 21 heavy (non-hydrogen) atoms. The molecule has 2 heterocycles. The van der Waals surface area contributed by atoms with Gasteiger partial charge in [-0.25, -0.2) is 17.4 Å². The lowest BCUT2D eigenvalue weighted by Crippen LogP contribution is -2.39. The van der Waals surface area contributed by atoms with Crippen molar-refractivity contribution >= 4 is 32.7 Å². The quantitative estimate of drug-likeness (QED) is 0.816. The zero-order valence-corrected chi connectivity index (χ0v) is 13.1. The molecular formula is C15H15ClN2O2S. The van der Waals surface area contributed by atoms with Gasteiger partial charge in [0.25, 0.3) is 0 Å². The number of allylic oxidation sites excluding steroid dienone is 3. The van der Waals surface area contributed by atoms with E-state index < -0.39 is 14.8 Å². The van der Waals surface area contributed by atoms with Crippen molar-refractivity contribution in [2.75, 3.05) is 5.88 Å². The van der Waals surface area contributed by atoms with E-state index in [1.807, 2.05) is 12.1 Å². The van der Waals surface area contributed by atoms with E-state index in [0.29, 0.717) is 17.9 Å². The Morgan fingerprint density at radius 1 is 1.43 bits per heavy atom. The van der Waals surface area contributed by atoms with Crippen LogP contribution >= 0.6 is 11.6 Å². The molecule has 0 amide bonds. The summed E-state index contributed by atoms with van der Waals surface area (Å²) in [7, 11) is -3.62. The number of aromatic nitrogens is 2. The molecule has 1 aliphatic carbocycles. The number of hydrogen-bond acceptors (Lipinski definition) is 3.